The zero-order valence-electron chi connectivity index (χ0n) is 12.4. The van der Waals surface area contributed by atoms with Crippen molar-refractivity contribution in [1.29, 1.82) is 0 Å². The van der Waals surface area contributed by atoms with E-state index >= 15 is 0 Å². The van der Waals surface area contributed by atoms with E-state index in [1.54, 1.807) is 6.07 Å². The fraction of sp³-hybridized carbons (Fsp3) is 0.294. The van der Waals surface area contributed by atoms with E-state index in [4.69, 9.17) is 4.74 Å². The molecule has 1 N–H and O–H groups in total. The average Bonchev–Trinajstić information content (AvgIpc) is 2.42. The highest BCUT2D eigenvalue weighted by atomic mass is 19.1. The fourth-order valence-electron chi connectivity index (χ4n) is 1.93. The van der Waals surface area contributed by atoms with Crippen LogP contribution < -0.4 is 10.1 Å². The maximum absolute atomic E-state index is 13.6. The number of aryl methyl sites for hydroxylation is 1. The van der Waals surface area contributed by atoms with Gasteiger partial charge in [-0.05, 0) is 36.2 Å². The maximum Gasteiger partial charge on any atom is 0.168 e. The Hall–Kier alpha value is -1.94. The zero-order chi connectivity index (χ0) is 15.4. The van der Waals surface area contributed by atoms with Gasteiger partial charge in [0.25, 0.3) is 0 Å². The first-order chi connectivity index (χ1) is 9.95. The van der Waals surface area contributed by atoms with Crippen LogP contribution in [-0.4, -0.2) is 6.04 Å². The highest BCUT2D eigenvalue weighted by Gasteiger charge is 2.08. The summed E-state index contributed by atoms with van der Waals surface area (Å²) in [4.78, 5) is 0. The van der Waals surface area contributed by atoms with E-state index in [9.17, 15) is 8.78 Å². The Morgan fingerprint density at radius 2 is 1.76 bits per heavy atom. The number of halogens is 2. The van der Waals surface area contributed by atoms with E-state index in [1.165, 1.54) is 12.1 Å². The molecule has 0 atom stereocenters. The van der Waals surface area contributed by atoms with Crippen LogP contribution in [0.2, 0.25) is 0 Å². The fourth-order valence-corrected chi connectivity index (χ4v) is 1.93. The second-order valence-electron chi connectivity index (χ2n) is 5.31. The van der Waals surface area contributed by atoms with E-state index in [-0.39, 0.29) is 5.75 Å². The number of nitrogens with one attached hydrogen (secondary N) is 1. The molecule has 0 aromatic heterocycles. The Kier molecular flexibility index (Phi) is 4.91. The Bertz CT molecular complexity index is 626. The van der Waals surface area contributed by atoms with E-state index in [2.05, 4.69) is 19.2 Å². The average molecular weight is 291 g/mol. The van der Waals surface area contributed by atoms with Gasteiger partial charge in [0.2, 0.25) is 0 Å². The third-order valence-corrected chi connectivity index (χ3v) is 3.07. The molecule has 0 aliphatic carbocycles. The molecule has 2 rings (SSSR count). The van der Waals surface area contributed by atoms with Crippen molar-refractivity contribution < 1.29 is 13.5 Å². The van der Waals surface area contributed by atoms with Crippen molar-refractivity contribution in [1.82, 2.24) is 5.32 Å². The molecule has 0 aliphatic rings. The predicted molar refractivity (Wildman–Crippen MR) is 79.6 cm³/mol. The van der Waals surface area contributed by atoms with Crippen molar-refractivity contribution >= 4 is 0 Å². The molecule has 0 saturated heterocycles. The van der Waals surface area contributed by atoms with Gasteiger partial charge in [-0.1, -0.05) is 26.0 Å². The highest BCUT2D eigenvalue weighted by Crippen LogP contribution is 2.28. The SMILES string of the molecule is Cc1cc(CNC(C)C)ccc1Oc1ccc(F)cc1F. The van der Waals surface area contributed by atoms with Gasteiger partial charge >= 0.3 is 0 Å². The molecule has 0 spiro atoms. The van der Waals surface area contributed by atoms with Crippen molar-refractivity contribution in [2.24, 2.45) is 0 Å². The summed E-state index contributed by atoms with van der Waals surface area (Å²) in [7, 11) is 0. The summed E-state index contributed by atoms with van der Waals surface area (Å²) < 4.78 is 32.0. The quantitative estimate of drug-likeness (QED) is 0.871. The highest BCUT2D eigenvalue weighted by molar-refractivity contribution is 5.40. The standard InChI is InChI=1S/C17H19F2NO/c1-11(2)20-10-13-4-6-16(12(3)8-13)21-17-7-5-14(18)9-15(17)19/h4-9,11,20H,10H2,1-3H3. The van der Waals surface area contributed by atoms with Crippen molar-refractivity contribution in [3.63, 3.8) is 0 Å². The summed E-state index contributed by atoms with van der Waals surface area (Å²) >= 11 is 0. The third kappa shape index (κ3) is 4.26. The van der Waals surface area contributed by atoms with Gasteiger partial charge in [-0.15, -0.1) is 0 Å². The normalized spacial score (nSPS) is 11.0. The molecule has 2 aromatic rings. The Morgan fingerprint density at radius 1 is 1.05 bits per heavy atom. The first-order valence-electron chi connectivity index (χ1n) is 6.91. The van der Waals surface area contributed by atoms with Gasteiger partial charge in [0.15, 0.2) is 11.6 Å². The summed E-state index contributed by atoms with van der Waals surface area (Å²) in [6.07, 6.45) is 0. The first kappa shape index (κ1) is 15.4. The lowest BCUT2D eigenvalue weighted by molar-refractivity contribution is 0.435. The predicted octanol–water partition coefficient (Wildman–Crippen LogP) is 4.56. The molecule has 0 heterocycles. The van der Waals surface area contributed by atoms with Crippen LogP contribution in [0.4, 0.5) is 8.78 Å². The van der Waals surface area contributed by atoms with Crippen LogP contribution >= 0.6 is 0 Å². The van der Waals surface area contributed by atoms with Gasteiger partial charge in [0.05, 0.1) is 0 Å². The van der Waals surface area contributed by atoms with Gasteiger partial charge in [0.1, 0.15) is 11.6 Å². The van der Waals surface area contributed by atoms with E-state index in [1.807, 2.05) is 19.1 Å². The maximum atomic E-state index is 13.6. The lowest BCUT2D eigenvalue weighted by Crippen LogP contribution is -2.21. The Morgan fingerprint density at radius 3 is 2.38 bits per heavy atom. The molecule has 112 valence electrons. The molecular weight excluding hydrogens is 272 g/mol. The van der Waals surface area contributed by atoms with E-state index in [0.29, 0.717) is 11.8 Å². The van der Waals surface area contributed by atoms with Crippen LogP contribution in [0.1, 0.15) is 25.0 Å². The molecule has 2 aromatic carbocycles. The molecule has 2 nitrogen and oxygen atoms in total. The molecule has 0 bridgehead atoms. The van der Waals surface area contributed by atoms with Crippen molar-refractivity contribution in [3.8, 4) is 11.5 Å². The Labute approximate surface area is 123 Å². The minimum atomic E-state index is -0.708. The van der Waals surface area contributed by atoms with Crippen molar-refractivity contribution in [3.05, 3.63) is 59.2 Å². The third-order valence-electron chi connectivity index (χ3n) is 3.07. The molecule has 0 amide bonds. The largest absolute Gasteiger partial charge is 0.454 e. The van der Waals surface area contributed by atoms with Gasteiger partial charge in [-0.2, -0.15) is 0 Å². The first-order valence-corrected chi connectivity index (χ1v) is 6.91. The number of hydrogen-bond acceptors (Lipinski definition) is 2. The molecular formula is C17H19F2NO. The summed E-state index contributed by atoms with van der Waals surface area (Å²) in [6, 6.07) is 9.41. The molecule has 0 aliphatic heterocycles. The number of hydrogen-bond donors (Lipinski definition) is 1. The monoisotopic (exact) mass is 291 g/mol. The van der Waals surface area contributed by atoms with Crippen molar-refractivity contribution in [2.75, 3.05) is 0 Å². The smallest absolute Gasteiger partial charge is 0.168 e. The van der Waals surface area contributed by atoms with E-state index in [0.717, 1.165) is 23.7 Å². The van der Waals surface area contributed by atoms with Crippen LogP contribution in [0.15, 0.2) is 36.4 Å². The van der Waals surface area contributed by atoms with Crippen LogP contribution in [0, 0.1) is 18.6 Å². The topological polar surface area (TPSA) is 21.3 Å². The van der Waals surface area contributed by atoms with Crippen LogP contribution in [0.3, 0.4) is 0 Å². The molecule has 0 fully saturated rings. The van der Waals surface area contributed by atoms with Gasteiger partial charge in [-0.25, -0.2) is 8.78 Å². The summed E-state index contributed by atoms with van der Waals surface area (Å²) in [5, 5.41) is 3.33. The lowest BCUT2D eigenvalue weighted by Gasteiger charge is -2.12. The van der Waals surface area contributed by atoms with Gasteiger partial charge in [-0.3, -0.25) is 0 Å². The summed E-state index contributed by atoms with van der Waals surface area (Å²) in [6.45, 7) is 6.84. The molecule has 21 heavy (non-hydrogen) atoms. The molecule has 0 saturated carbocycles. The van der Waals surface area contributed by atoms with Crippen molar-refractivity contribution in [2.45, 2.75) is 33.4 Å². The molecule has 0 radical (unpaired) electrons. The minimum absolute atomic E-state index is 0.0209. The minimum Gasteiger partial charge on any atom is -0.454 e. The summed E-state index contributed by atoms with van der Waals surface area (Å²) in [5.74, 6) is -0.743. The second-order valence-corrected chi connectivity index (χ2v) is 5.31. The zero-order valence-corrected chi connectivity index (χ0v) is 12.4. The van der Waals surface area contributed by atoms with E-state index < -0.39 is 11.6 Å². The van der Waals surface area contributed by atoms with Gasteiger partial charge in [0, 0.05) is 18.7 Å². The Balaban J connectivity index is 2.13. The second kappa shape index (κ2) is 6.68. The summed E-state index contributed by atoms with van der Waals surface area (Å²) in [5.41, 5.74) is 2.04. The molecule has 0 unspecified atom stereocenters. The van der Waals surface area contributed by atoms with Crippen LogP contribution in [0.25, 0.3) is 0 Å². The lowest BCUT2D eigenvalue weighted by atomic mass is 10.1. The van der Waals surface area contributed by atoms with Crippen LogP contribution in [-0.2, 0) is 6.54 Å². The molecule has 4 heteroatoms. The number of ether oxygens (including phenoxy) is 1. The number of rotatable bonds is 5. The van der Waals surface area contributed by atoms with Crippen LogP contribution in [0.5, 0.6) is 11.5 Å². The number of benzene rings is 2. The van der Waals surface area contributed by atoms with Gasteiger partial charge < -0.3 is 10.1 Å².